The number of hydrogen-bond donors (Lipinski definition) is 1. The third kappa shape index (κ3) is 4.66. The van der Waals surface area contributed by atoms with Crippen molar-refractivity contribution < 1.29 is 0 Å². The van der Waals surface area contributed by atoms with Crippen LogP contribution in [0.25, 0.3) is 0 Å². The molecule has 1 rings (SSSR count). The lowest BCUT2D eigenvalue weighted by Gasteiger charge is -2.18. The maximum absolute atomic E-state index is 3.76. The SMILES string of the molecule is CCCCC(CC)CC1=CC(Br)=C[SH]1Br. The van der Waals surface area contributed by atoms with Gasteiger partial charge in [0.05, 0.1) is 0 Å². The van der Waals surface area contributed by atoms with Gasteiger partial charge in [-0.05, 0) is 43.5 Å². The molecule has 2 unspecified atom stereocenters. The summed E-state index contributed by atoms with van der Waals surface area (Å²) in [6.45, 7) is 4.59. The zero-order valence-electron chi connectivity index (χ0n) is 9.47. The molecule has 1 aliphatic rings. The van der Waals surface area contributed by atoms with E-state index in [0.717, 1.165) is 5.92 Å². The first-order valence-corrected chi connectivity index (χ1v) is 9.92. The summed E-state index contributed by atoms with van der Waals surface area (Å²) in [5, 5.41) is 2.29. The number of rotatable bonds is 6. The van der Waals surface area contributed by atoms with Gasteiger partial charge < -0.3 is 0 Å². The van der Waals surface area contributed by atoms with E-state index in [1.807, 2.05) is 0 Å². The highest BCUT2D eigenvalue weighted by Gasteiger charge is 2.16. The van der Waals surface area contributed by atoms with Crippen LogP contribution in [-0.2, 0) is 0 Å². The summed E-state index contributed by atoms with van der Waals surface area (Å²) in [4.78, 5) is 1.60. The summed E-state index contributed by atoms with van der Waals surface area (Å²) in [6, 6.07) is 0. The zero-order valence-corrected chi connectivity index (χ0v) is 13.5. The van der Waals surface area contributed by atoms with Crippen LogP contribution in [0, 0.1) is 5.92 Å². The predicted molar refractivity (Wildman–Crippen MR) is 80.9 cm³/mol. The number of halogens is 2. The monoisotopic (exact) mass is 354 g/mol. The summed E-state index contributed by atoms with van der Waals surface area (Å²) in [5.74, 6) is 0.880. The highest BCUT2D eigenvalue weighted by atomic mass is 79.9. The highest BCUT2D eigenvalue weighted by molar-refractivity contribution is 9.55. The van der Waals surface area contributed by atoms with E-state index < -0.39 is 0 Å². The van der Waals surface area contributed by atoms with E-state index in [1.54, 1.807) is 4.91 Å². The highest BCUT2D eigenvalue weighted by Crippen LogP contribution is 2.53. The van der Waals surface area contributed by atoms with E-state index in [4.69, 9.17) is 0 Å². The maximum atomic E-state index is 3.76. The van der Waals surface area contributed by atoms with E-state index in [-0.39, 0.29) is 9.33 Å². The molecule has 0 spiro atoms. The molecule has 0 aliphatic carbocycles. The van der Waals surface area contributed by atoms with E-state index in [0.29, 0.717) is 0 Å². The van der Waals surface area contributed by atoms with E-state index in [9.17, 15) is 0 Å². The Balaban J connectivity index is 2.43. The van der Waals surface area contributed by atoms with Crippen LogP contribution in [0.15, 0.2) is 20.9 Å². The third-order valence-corrected chi connectivity index (χ3v) is 7.01. The molecule has 2 atom stereocenters. The Labute approximate surface area is 112 Å². The van der Waals surface area contributed by atoms with Crippen molar-refractivity contribution in [3.63, 3.8) is 0 Å². The molecule has 0 radical (unpaired) electrons. The molecule has 0 nitrogen and oxygen atoms in total. The summed E-state index contributed by atoms with van der Waals surface area (Å²) in [7, 11) is -0.156. The second kappa shape index (κ2) is 7.18. The molecule has 0 aromatic heterocycles. The van der Waals surface area contributed by atoms with Crippen LogP contribution in [0.1, 0.15) is 46.0 Å². The first kappa shape index (κ1) is 13.9. The summed E-state index contributed by atoms with van der Waals surface area (Å²) in [5.41, 5.74) is 0. The van der Waals surface area contributed by atoms with Crippen molar-refractivity contribution in [1.29, 1.82) is 0 Å². The smallest absolute Gasteiger partial charge is 0.0239 e. The molecule has 1 aliphatic heterocycles. The number of allylic oxidation sites excluding steroid dienone is 3. The average Bonchev–Trinajstić information content (AvgIpc) is 2.52. The van der Waals surface area contributed by atoms with Crippen LogP contribution in [0.5, 0.6) is 0 Å². The van der Waals surface area contributed by atoms with Crippen molar-refractivity contribution in [2.24, 2.45) is 5.92 Å². The Morgan fingerprint density at radius 1 is 1.40 bits per heavy atom. The molecule has 0 amide bonds. The lowest BCUT2D eigenvalue weighted by atomic mass is 9.95. The van der Waals surface area contributed by atoms with Gasteiger partial charge in [-0.1, -0.05) is 55.5 Å². The minimum Gasteiger partial charge on any atom is -0.150 e. The van der Waals surface area contributed by atoms with Crippen molar-refractivity contribution in [2.75, 3.05) is 0 Å². The Bertz CT molecular complexity index is 258. The Hall–Kier alpha value is 0.790. The van der Waals surface area contributed by atoms with Crippen LogP contribution in [0.2, 0.25) is 0 Å². The van der Waals surface area contributed by atoms with Crippen molar-refractivity contribution in [2.45, 2.75) is 46.0 Å². The van der Waals surface area contributed by atoms with Crippen molar-refractivity contribution in [1.82, 2.24) is 0 Å². The van der Waals surface area contributed by atoms with Gasteiger partial charge in [0.1, 0.15) is 0 Å². The Morgan fingerprint density at radius 2 is 2.13 bits per heavy atom. The standard InChI is InChI=1S/C12H20Br2S/c1-3-5-6-10(4-2)7-12-8-11(13)9-15(12)14/h8-10,15H,3-7H2,1-2H3. The largest absolute Gasteiger partial charge is 0.150 e. The lowest BCUT2D eigenvalue weighted by molar-refractivity contribution is 0.454. The van der Waals surface area contributed by atoms with Crippen LogP contribution in [-0.4, -0.2) is 0 Å². The molecule has 0 N–H and O–H groups in total. The molecule has 1 heterocycles. The molecule has 0 aromatic rings. The Kier molecular flexibility index (Phi) is 6.63. The molecule has 0 fully saturated rings. The fourth-order valence-corrected chi connectivity index (χ4v) is 6.28. The van der Waals surface area contributed by atoms with Gasteiger partial charge in [-0.3, -0.25) is 0 Å². The second-order valence-corrected chi connectivity index (χ2v) is 8.74. The maximum Gasteiger partial charge on any atom is 0.0239 e. The van der Waals surface area contributed by atoms with Crippen molar-refractivity contribution >= 4 is 40.1 Å². The number of unbranched alkanes of at least 4 members (excludes halogenated alkanes) is 1. The van der Waals surface area contributed by atoms with Crippen molar-refractivity contribution in [3.8, 4) is 0 Å². The molecule has 88 valence electrons. The van der Waals surface area contributed by atoms with Crippen LogP contribution in [0.3, 0.4) is 0 Å². The van der Waals surface area contributed by atoms with Crippen LogP contribution >= 0.6 is 40.1 Å². The van der Waals surface area contributed by atoms with Crippen molar-refractivity contribution in [3.05, 3.63) is 20.9 Å². The molecule has 0 saturated carbocycles. The fourth-order valence-electron chi connectivity index (χ4n) is 1.83. The molecular formula is C12H20Br2S. The normalized spacial score (nSPS) is 24.9. The average molecular weight is 356 g/mol. The molecule has 3 heteroatoms. The molecule has 0 aromatic carbocycles. The van der Waals surface area contributed by atoms with E-state index in [2.05, 4.69) is 56.1 Å². The van der Waals surface area contributed by atoms with E-state index >= 15 is 0 Å². The summed E-state index contributed by atoms with van der Waals surface area (Å²) < 4.78 is 1.26. The molecule has 15 heavy (non-hydrogen) atoms. The first-order chi connectivity index (χ1) is 7.17. The zero-order chi connectivity index (χ0) is 11.3. The van der Waals surface area contributed by atoms with Gasteiger partial charge in [-0.15, -0.1) is 0 Å². The van der Waals surface area contributed by atoms with Gasteiger partial charge in [0.15, 0.2) is 0 Å². The topological polar surface area (TPSA) is 0 Å². The van der Waals surface area contributed by atoms with Gasteiger partial charge in [0.2, 0.25) is 0 Å². The van der Waals surface area contributed by atoms with Gasteiger partial charge in [0, 0.05) is 4.48 Å². The lowest BCUT2D eigenvalue weighted by Crippen LogP contribution is -1.99. The molecule has 0 saturated heterocycles. The minimum absolute atomic E-state index is 0.156. The van der Waals surface area contributed by atoms with Crippen LogP contribution < -0.4 is 0 Å². The Morgan fingerprint density at radius 3 is 2.60 bits per heavy atom. The first-order valence-electron chi connectivity index (χ1n) is 5.70. The van der Waals surface area contributed by atoms with Crippen LogP contribution in [0.4, 0.5) is 0 Å². The third-order valence-electron chi connectivity index (χ3n) is 2.86. The van der Waals surface area contributed by atoms with Gasteiger partial charge >= 0.3 is 0 Å². The number of hydrogen-bond acceptors (Lipinski definition) is 0. The minimum atomic E-state index is -0.156. The van der Waals surface area contributed by atoms with Gasteiger partial charge in [-0.25, -0.2) is 0 Å². The number of thiol groups is 1. The van der Waals surface area contributed by atoms with Gasteiger partial charge in [-0.2, -0.15) is 9.33 Å². The predicted octanol–water partition coefficient (Wildman–Crippen LogP) is 6.04. The molecular weight excluding hydrogens is 336 g/mol. The second-order valence-electron chi connectivity index (χ2n) is 4.08. The van der Waals surface area contributed by atoms with E-state index in [1.165, 1.54) is 36.6 Å². The van der Waals surface area contributed by atoms with Gasteiger partial charge in [0.25, 0.3) is 0 Å². The summed E-state index contributed by atoms with van der Waals surface area (Å²) >= 11 is 7.32. The summed E-state index contributed by atoms with van der Waals surface area (Å²) in [6.07, 6.45) is 8.97. The quantitative estimate of drug-likeness (QED) is 0.552. The fraction of sp³-hybridized carbons (Fsp3) is 0.667. The molecule has 0 bridgehead atoms.